The third kappa shape index (κ3) is 4.35. The highest BCUT2D eigenvalue weighted by Gasteiger charge is 2.23. The Morgan fingerprint density at radius 1 is 1.21 bits per heavy atom. The van der Waals surface area contributed by atoms with Crippen LogP contribution >= 0.6 is 11.6 Å². The Labute approximate surface area is 120 Å². The fraction of sp³-hybridized carbons (Fsp3) is 0.500. The van der Waals surface area contributed by atoms with Crippen molar-refractivity contribution in [3.63, 3.8) is 0 Å². The van der Waals surface area contributed by atoms with Gasteiger partial charge in [0.1, 0.15) is 4.90 Å². The molecule has 0 bridgehead atoms. The van der Waals surface area contributed by atoms with Gasteiger partial charge in [-0.25, -0.2) is 12.7 Å². The summed E-state index contributed by atoms with van der Waals surface area (Å²) in [6, 6.07) is 4.46. The van der Waals surface area contributed by atoms with Crippen LogP contribution in [0, 0.1) is 0 Å². The molecule has 7 heteroatoms. The number of hydrogen-bond donors (Lipinski definition) is 1. The first-order chi connectivity index (χ1) is 8.75. The van der Waals surface area contributed by atoms with Crippen molar-refractivity contribution in [1.29, 1.82) is 0 Å². The lowest BCUT2D eigenvalue weighted by molar-refractivity contribution is 0.370. The molecule has 19 heavy (non-hydrogen) atoms. The van der Waals surface area contributed by atoms with E-state index >= 15 is 0 Å². The number of benzene rings is 1. The highest BCUT2D eigenvalue weighted by Crippen LogP contribution is 2.25. The lowest BCUT2D eigenvalue weighted by Gasteiger charge is -2.19. The molecule has 2 N–H and O–H groups in total. The number of halogens is 1. The van der Waals surface area contributed by atoms with Crippen LogP contribution in [0.5, 0.6) is 0 Å². The fourth-order valence-electron chi connectivity index (χ4n) is 1.63. The maximum absolute atomic E-state index is 12.4. The van der Waals surface area contributed by atoms with Crippen LogP contribution in [0.15, 0.2) is 23.1 Å². The zero-order chi connectivity index (χ0) is 14.6. The van der Waals surface area contributed by atoms with Gasteiger partial charge in [-0.3, -0.25) is 0 Å². The first-order valence-electron chi connectivity index (χ1n) is 5.91. The van der Waals surface area contributed by atoms with Crippen LogP contribution in [0.3, 0.4) is 0 Å². The molecule has 1 aromatic carbocycles. The molecule has 0 atom stereocenters. The van der Waals surface area contributed by atoms with Crippen molar-refractivity contribution in [1.82, 2.24) is 9.21 Å². The zero-order valence-corrected chi connectivity index (χ0v) is 13.0. The summed E-state index contributed by atoms with van der Waals surface area (Å²) in [7, 11) is 1.86. The smallest absolute Gasteiger partial charge is 0.244 e. The van der Waals surface area contributed by atoms with E-state index in [2.05, 4.69) is 0 Å². The number of sulfonamides is 1. The summed E-state index contributed by atoms with van der Waals surface area (Å²) in [5.41, 5.74) is 5.93. The normalized spacial score (nSPS) is 12.3. The van der Waals surface area contributed by atoms with Crippen molar-refractivity contribution in [2.75, 3.05) is 40.0 Å². The molecule has 1 rings (SSSR count). The third-order valence-electron chi connectivity index (χ3n) is 2.74. The minimum Gasteiger partial charge on any atom is -0.398 e. The Hall–Kier alpha value is -0.820. The van der Waals surface area contributed by atoms with E-state index in [1.54, 1.807) is 13.1 Å². The highest BCUT2D eigenvalue weighted by atomic mass is 35.5. The number of nitrogens with two attached hydrogens (primary N) is 1. The van der Waals surface area contributed by atoms with E-state index in [-0.39, 0.29) is 10.6 Å². The third-order valence-corrected chi connectivity index (χ3v) is 4.89. The predicted molar refractivity (Wildman–Crippen MR) is 78.9 cm³/mol. The van der Waals surface area contributed by atoms with Gasteiger partial charge in [0, 0.05) is 18.6 Å². The molecular weight excluding hydrogens is 286 g/mol. The van der Waals surface area contributed by atoms with Gasteiger partial charge in [0.05, 0.1) is 5.69 Å². The Morgan fingerprint density at radius 2 is 1.84 bits per heavy atom. The average Bonchev–Trinajstić information content (AvgIpc) is 2.31. The molecule has 0 fully saturated rings. The van der Waals surface area contributed by atoms with Gasteiger partial charge in [0.25, 0.3) is 0 Å². The summed E-state index contributed by atoms with van der Waals surface area (Å²) in [4.78, 5) is 2.07. The van der Waals surface area contributed by atoms with Crippen LogP contribution in [0.2, 0.25) is 5.02 Å². The maximum atomic E-state index is 12.4. The van der Waals surface area contributed by atoms with Gasteiger partial charge in [0.15, 0.2) is 0 Å². The molecule has 0 saturated carbocycles. The Morgan fingerprint density at radius 3 is 2.42 bits per heavy atom. The topological polar surface area (TPSA) is 66.6 Å². The SMILES string of the molecule is CN(C)CCCN(C)S(=O)(=O)c1cc(Cl)ccc1N. The molecule has 0 saturated heterocycles. The summed E-state index contributed by atoms with van der Waals surface area (Å²) >= 11 is 5.83. The second kappa shape index (κ2) is 6.56. The first-order valence-corrected chi connectivity index (χ1v) is 7.73. The average molecular weight is 306 g/mol. The van der Waals surface area contributed by atoms with Gasteiger partial charge in [-0.2, -0.15) is 0 Å². The molecular formula is C12H20ClN3O2S. The molecule has 5 nitrogen and oxygen atoms in total. The Kier molecular flexibility index (Phi) is 5.61. The van der Waals surface area contributed by atoms with Gasteiger partial charge in [-0.15, -0.1) is 0 Å². The highest BCUT2D eigenvalue weighted by molar-refractivity contribution is 7.89. The van der Waals surface area contributed by atoms with E-state index < -0.39 is 10.0 Å². The van der Waals surface area contributed by atoms with E-state index in [0.29, 0.717) is 11.6 Å². The van der Waals surface area contributed by atoms with Crippen LogP contribution in [0.4, 0.5) is 5.69 Å². The molecule has 108 valence electrons. The van der Waals surface area contributed by atoms with Crippen molar-refractivity contribution in [3.05, 3.63) is 23.2 Å². The lowest BCUT2D eigenvalue weighted by Crippen LogP contribution is -2.30. The summed E-state index contributed by atoms with van der Waals surface area (Å²) < 4.78 is 26.0. The maximum Gasteiger partial charge on any atom is 0.244 e. The molecule has 0 amide bonds. The van der Waals surface area contributed by atoms with Crippen molar-refractivity contribution >= 4 is 27.3 Å². The van der Waals surface area contributed by atoms with E-state index in [0.717, 1.165) is 13.0 Å². The van der Waals surface area contributed by atoms with Gasteiger partial charge < -0.3 is 10.6 Å². The van der Waals surface area contributed by atoms with E-state index in [1.807, 2.05) is 19.0 Å². The van der Waals surface area contributed by atoms with E-state index in [1.165, 1.54) is 16.4 Å². The van der Waals surface area contributed by atoms with Crippen LogP contribution in [-0.2, 0) is 10.0 Å². The molecule has 0 aliphatic heterocycles. The van der Waals surface area contributed by atoms with Gasteiger partial charge in [-0.05, 0) is 45.3 Å². The second-order valence-electron chi connectivity index (χ2n) is 4.67. The zero-order valence-electron chi connectivity index (χ0n) is 11.4. The molecule has 0 heterocycles. The number of nitrogens with zero attached hydrogens (tertiary/aromatic N) is 2. The minimum atomic E-state index is -3.58. The predicted octanol–water partition coefficient (Wildman–Crippen LogP) is 1.49. The van der Waals surface area contributed by atoms with Crippen LogP contribution in [0.1, 0.15) is 6.42 Å². The summed E-state index contributed by atoms with van der Waals surface area (Å²) in [6.07, 6.45) is 0.753. The van der Waals surface area contributed by atoms with Gasteiger partial charge in [-0.1, -0.05) is 11.6 Å². The van der Waals surface area contributed by atoms with Gasteiger partial charge >= 0.3 is 0 Å². The molecule has 0 aliphatic rings. The molecule has 1 aromatic rings. The van der Waals surface area contributed by atoms with Crippen molar-refractivity contribution in [3.8, 4) is 0 Å². The first kappa shape index (κ1) is 16.2. The fourth-order valence-corrected chi connectivity index (χ4v) is 3.21. The molecule has 0 aliphatic carbocycles. The van der Waals surface area contributed by atoms with Gasteiger partial charge in [0.2, 0.25) is 10.0 Å². The monoisotopic (exact) mass is 305 g/mol. The molecule has 0 unspecified atom stereocenters. The largest absolute Gasteiger partial charge is 0.398 e. The second-order valence-corrected chi connectivity index (χ2v) is 7.12. The number of nitrogen functional groups attached to an aromatic ring is 1. The van der Waals surface area contributed by atoms with Crippen LogP contribution in [0.25, 0.3) is 0 Å². The lowest BCUT2D eigenvalue weighted by atomic mass is 10.3. The Bertz CT molecular complexity index is 532. The summed E-state index contributed by atoms with van der Waals surface area (Å²) in [5, 5.41) is 0.356. The Balaban J connectivity index is 2.88. The number of rotatable bonds is 6. The van der Waals surface area contributed by atoms with E-state index in [9.17, 15) is 8.42 Å². The summed E-state index contributed by atoms with van der Waals surface area (Å²) in [6.45, 7) is 1.26. The quantitative estimate of drug-likeness (QED) is 0.809. The number of anilines is 1. The standard InChI is InChI=1S/C12H20ClN3O2S/c1-15(2)7-4-8-16(3)19(17,18)12-9-10(13)5-6-11(12)14/h5-6,9H,4,7-8,14H2,1-3H3. The molecule has 0 aromatic heterocycles. The van der Waals surface area contributed by atoms with Crippen molar-refractivity contribution < 1.29 is 8.42 Å². The molecule has 0 spiro atoms. The molecule has 0 radical (unpaired) electrons. The summed E-state index contributed by atoms with van der Waals surface area (Å²) in [5.74, 6) is 0. The number of hydrogen-bond acceptors (Lipinski definition) is 4. The van der Waals surface area contributed by atoms with Crippen molar-refractivity contribution in [2.45, 2.75) is 11.3 Å². The minimum absolute atomic E-state index is 0.0624. The van der Waals surface area contributed by atoms with Crippen LogP contribution < -0.4 is 5.73 Å². The van der Waals surface area contributed by atoms with E-state index in [4.69, 9.17) is 17.3 Å². The van der Waals surface area contributed by atoms with Crippen LogP contribution in [-0.4, -0.2) is 51.9 Å². The van der Waals surface area contributed by atoms with Crippen molar-refractivity contribution in [2.24, 2.45) is 0 Å².